The Balaban J connectivity index is 2.48. The van der Waals surface area contributed by atoms with Gasteiger partial charge in [-0.15, -0.1) is 0 Å². The summed E-state index contributed by atoms with van der Waals surface area (Å²) in [5.41, 5.74) is -0.101. The van der Waals surface area contributed by atoms with Crippen LogP contribution in [0, 0.1) is 5.41 Å². The van der Waals surface area contributed by atoms with Gasteiger partial charge in [-0.3, -0.25) is 4.68 Å². The number of hydrogen-bond donors (Lipinski definition) is 1. The number of nitrogens with zero attached hydrogens (tertiary/aromatic N) is 2. The second kappa shape index (κ2) is 3.48. The highest BCUT2D eigenvalue weighted by atomic mass is 16.5. The van der Waals surface area contributed by atoms with Crippen molar-refractivity contribution >= 4 is 0 Å². The maximum absolute atomic E-state index is 10.8. The molecular weight excluding hydrogens is 204 g/mol. The van der Waals surface area contributed by atoms with Crippen LogP contribution in [0.3, 0.4) is 0 Å². The summed E-state index contributed by atoms with van der Waals surface area (Å²) in [6.07, 6.45) is 3.79. The summed E-state index contributed by atoms with van der Waals surface area (Å²) in [4.78, 5) is 0. The van der Waals surface area contributed by atoms with Gasteiger partial charge >= 0.3 is 0 Å². The standard InChI is InChI=1S/C12H20N2O2/c1-5-14-10(9(16-4)8-13-14)12(3,15)11(2)6-7-11/h8,15H,5-7H2,1-4H3. The zero-order valence-corrected chi connectivity index (χ0v) is 10.4. The van der Waals surface area contributed by atoms with Crippen LogP contribution in [0.1, 0.15) is 39.3 Å². The summed E-state index contributed by atoms with van der Waals surface area (Å²) < 4.78 is 7.12. The van der Waals surface area contributed by atoms with Crippen LogP contribution in [-0.2, 0) is 12.1 Å². The van der Waals surface area contributed by atoms with Gasteiger partial charge in [0.1, 0.15) is 11.3 Å². The number of aliphatic hydroxyl groups is 1. The van der Waals surface area contributed by atoms with Crippen LogP contribution in [0.4, 0.5) is 0 Å². The Hall–Kier alpha value is -1.03. The molecule has 0 spiro atoms. The molecule has 1 heterocycles. The molecule has 0 radical (unpaired) electrons. The van der Waals surface area contributed by atoms with Crippen molar-refractivity contribution in [3.8, 4) is 5.75 Å². The van der Waals surface area contributed by atoms with Crippen molar-refractivity contribution in [3.63, 3.8) is 0 Å². The van der Waals surface area contributed by atoms with E-state index in [1.54, 1.807) is 13.3 Å². The molecular formula is C12H20N2O2. The molecule has 0 saturated heterocycles. The van der Waals surface area contributed by atoms with E-state index in [1.165, 1.54) is 0 Å². The van der Waals surface area contributed by atoms with Crippen molar-refractivity contribution in [2.75, 3.05) is 7.11 Å². The largest absolute Gasteiger partial charge is 0.493 e. The quantitative estimate of drug-likeness (QED) is 0.850. The molecule has 1 aromatic heterocycles. The van der Waals surface area contributed by atoms with Gasteiger partial charge in [0.05, 0.1) is 13.3 Å². The van der Waals surface area contributed by atoms with Gasteiger partial charge in [0.25, 0.3) is 0 Å². The Labute approximate surface area is 96.2 Å². The molecule has 1 unspecified atom stereocenters. The minimum absolute atomic E-state index is 0.0345. The summed E-state index contributed by atoms with van der Waals surface area (Å²) in [7, 11) is 1.62. The molecule has 0 aromatic carbocycles. The van der Waals surface area contributed by atoms with Crippen LogP contribution >= 0.6 is 0 Å². The highest BCUT2D eigenvalue weighted by Gasteiger charge is 2.55. The molecule has 2 rings (SSSR count). The van der Waals surface area contributed by atoms with E-state index in [1.807, 2.05) is 18.5 Å². The average molecular weight is 224 g/mol. The lowest BCUT2D eigenvalue weighted by atomic mass is 9.84. The summed E-state index contributed by atoms with van der Waals surface area (Å²) in [6.45, 7) is 6.73. The number of hydrogen-bond acceptors (Lipinski definition) is 3. The van der Waals surface area contributed by atoms with Crippen molar-refractivity contribution in [2.45, 2.75) is 45.8 Å². The Morgan fingerprint density at radius 1 is 1.62 bits per heavy atom. The fraction of sp³-hybridized carbons (Fsp3) is 0.750. The van der Waals surface area contributed by atoms with Crippen molar-refractivity contribution in [3.05, 3.63) is 11.9 Å². The zero-order chi connectivity index (χ0) is 12.0. The van der Waals surface area contributed by atoms with Crippen LogP contribution in [-0.4, -0.2) is 22.0 Å². The number of aromatic nitrogens is 2. The fourth-order valence-corrected chi connectivity index (χ4v) is 2.21. The highest BCUT2D eigenvalue weighted by Crippen LogP contribution is 2.58. The van der Waals surface area contributed by atoms with Crippen LogP contribution in [0.25, 0.3) is 0 Å². The van der Waals surface area contributed by atoms with Crippen LogP contribution < -0.4 is 4.74 Å². The third-order valence-electron chi connectivity index (χ3n) is 3.96. The molecule has 1 saturated carbocycles. The van der Waals surface area contributed by atoms with Crippen LogP contribution in [0.5, 0.6) is 5.75 Å². The van der Waals surface area contributed by atoms with E-state index < -0.39 is 5.60 Å². The topological polar surface area (TPSA) is 47.3 Å². The second-order valence-electron chi connectivity index (χ2n) is 5.01. The number of ether oxygens (including phenoxy) is 1. The molecule has 1 N–H and O–H groups in total. The Morgan fingerprint density at radius 2 is 2.25 bits per heavy atom. The van der Waals surface area contributed by atoms with E-state index in [0.717, 1.165) is 25.1 Å². The van der Waals surface area contributed by atoms with Gasteiger partial charge in [0, 0.05) is 12.0 Å². The predicted molar refractivity (Wildman–Crippen MR) is 61.4 cm³/mol. The van der Waals surface area contributed by atoms with Gasteiger partial charge in [0.2, 0.25) is 0 Å². The predicted octanol–water partition coefficient (Wildman–Crippen LogP) is 1.92. The lowest BCUT2D eigenvalue weighted by molar-refractivity contribution is -0.0224. The number of aryl methyl sites for hydroxylation is 1. The molecule has 4 heteroatoms. The van der Waals surface area contributed by atoms with Gasteiger partial charge in [-0.05, 0) is 26.7 Å². The normalized spacial score (nSPS) is 21.6. The third kappa shape index (κ3) is 1.44. The SMILES string of the molecule is CCn1ncc(OC)c1C(C)(O)C1(C)CC1. The smallest absolute Gasteiger partial charge is 0.162 e. The Bertz CT molecular complexity index is 370. The third-order valence-corrected chi connectivity index (χ3v) is 3.96. The van der Waals surface area contributed by atoms with E-state index in [2.05, 4.69) is 12.0 Å². The first-order valence-corrected chi connectivity index (χ1v) is 5.79. The number of rotatable bonds is 4. The first kappa shape index (κ1) is 11.5. The highest BCUT2D eigenvalue weighted by molar-refractivity contribution is 5.33. The van der Waals surface area contributed by atoms with E-state index >= 15 is 0 Å². The minimum Gasteiger partial charge on any atom is -0.493 e. The minimum atomic E-state index is -0.870. The van der Waals surface area contributed by atoms with E-state index in [9.17, 15) is 5.11 Å². The van der Waals surface area contributed by atoms with Crippen molar-refractivity contribution in [1.82, 2.24) is 9.78 Å². The first-order chi connectivity index (χ1) is 7.46. The zero-order valence-electron chi connectivity index (χ0n) is 10.4. The first-order valence-electron chi connectivity index (χ1n) is 5.79. The molecule has 1 atom stereocenters. The molecule has 1 aromatic rings. The maximum Gasteiger partial charge on any atom is 0.162 e. The molecule has 0 bridgehead atoms. The van der Waals surface area contributed by atoms with Crippen molar-refractivity contribution in [2.24, 2.45) is 5.41 Å². The lowest BCUT2D eigenvalue weighted by Crippen LogP contribution is -2.34. The van der Waals surface area contributed by atoms with E-state index in [4.69, 9.17) is 4.74 Å². The maximum atomic E-state index is 10.8. The summed E-state index contributed by atoms with van der Waals surface area (Å²) in [5, 5.41) is 15.0. The average Bonchev–Trinajstić information content (AvgIpc) is 2.87. The van der Waals surface area contributed by atoms with Gasteiger partial charge in [-0.2, -0.15) is 5.10 Å². The van der Waals surface area contributed by atoms with Crippen molar-refractivity contribution < 1.29 is 9.84 Å². The van der Waals surface area contributed by atoms with E-state index in [0.29, 0.717) is 5.75 Å². The summed E-state index contributed by atoms with van der Waals surface area (Å²) >= 11 is 0. The van der Waals surface area contributed by atoms with Gasteiger partial charge in [0.15, 0.2) is 5.75 Å². The van der Waals surface area contributed by atoms with Gasteiger partial charge < -0.3 is 9.84 Å². The van der Waals surface area contributed by atoms with Crippen LogP contribution in [0.15, 0.2) is 6.20 Å². The molecule has 1 aliphatic carbocycles. The monoisotopic (exact) mass is 224 g/mol. The van der Waals surface area contributed by atoms with Gasteiger partial charge in [-0.25, -0.2) is 0 Å². The van der Waals surface area contributed by atoms with E-state index in [-0.39, 0.29) is 5.41 Å². The Morgan fingerprint density at radius 3 is 2.69 bits per heavy atom. The fourth-order valence-electron chi connectivity index (χ4n) is 2.21. The molecule has 90 valence electrons. The molecule has 1 fully saturated rings. The van der Waals surface area contributed by atoms with Crippen LogP contribution in [0.2, 0.25) is 0 Å². The number of methoxy groups -OCH3 is 1. The van der Waals surface area contributed by atoms with Gasteiger partial charge in [-0.1, -0.05) is 6.92 Å². The molecule has 0 aliphatic heterocycles. The molecule has 0 amide bonds. The Kier molecular flexibility index (Phi) is 2.49. The summed E-state index contributed by atoms with van der Waals surface area (Å²) in [5.74, 6) is 0.681. The lowest BCUT2D eigenvalue weighted by Gasteiger charge is -2.31. The second-order valence-corrected chi connectivity index (χ2v) is 5.01. The molecule has 16 heavy (non-hydrogen) atoms. The summed E-state index contributed by atoms with van der Waals surface area (Å²) in [6, 6.07) is 0. The molecule has 4 nitrogen and oxygen atoms in total. The molecule has 1 aliphatic rings. The van der Waals surface area contributed by atoms with Crippen molar-refractivity contribution in [1.29, 1.82) is 0 Å².